The van der Waals surface area contributed by atoms with Crippen molar-refractivity contribution in [3.63, 3.8) is 0 Å². The van der Waals surface area contributed by atoms with Crippen molar-refractivity contribution in [3.05, 3.63) is 46.3 Å². The van der Waals surface area contributed by atoms with Crippen LogP contribution in [0, 0.1) is 5.82 Å². The Bertz CT molecular complexity index is 945. The van der Waals surface area contributed by atoms with Gasteiger partial charge in [-0.25, -0.2) is 13.9 Å². The number of ether oxygens (including phenoxy) is 1. The van der Waals surface area contributed by atoms with E-state index in [0.717, 1.165) is 0 Å². The number of anilines is 1. The van der Waals surface area contributed by atoms with Gasteiger partial charge in [0.05, 0.1) is 40.7 Å². The monoisotopic (exact) mass is 396 g/mol. The SMILES string of the molecule is O[C@@H]1COCC[C@H]1Nc1ncc2c(F)cc(-c3c(Cl)cccc3Cl)n2n1. The summed E-state index contributed by atoms with van der Waals surface area (Å²) in [6.45, 7) is 0.786. The summed E-state index contributed by atoms with van der Waals surface area (Å²) in [5, 5.41) is 18.2. The highest BCUT2D eigenvalue weighted by Gasteiger charge is 2.25. The van der Waals surface area contributed by atoms with Crippen LogP contribution < -0.4 is 5.32 Å². The molecule has 0 unspecified atom stereocenters. The van der Waals surface area contributed by atoms with Crippen LogP contribution in [0.5, 0.6) is 0 Å². The maximum Gasteiger partial charge on any atom is 0.241 e. The number of nitrogens with one attached hydrogen (secondary N) is 1. The third-order valence-electron chi connectivity index (χ3n) is 4.33. The lowest BCUT2D eigenvalue weighted by Crippen LogP contribution is -2.42. The van der Waals surface area contributed by atoms with Gasteiger partial charge in [0.1, 0.15) is 5.52 Å². The van der Waals surface area contributed by atoms with Crippen molar-refractivity contribution in [2.24, 2.45) is 0 Å². The number of halogens is 3. The summed E-state index contributed by atoms with van der Waals surface area (Å²) in [4.78, 5) is 4.15. The van der Waals surface area contributed by atoms with Crippen molar-refractivity contribution in [3.8, 4) is 11.3 Å². The van der Waals surface area contributed by atoms with Gasteiger partial charge >= 0.3 is 0 Å². The van der Waals surface area contributed by atoms with Gasteiger partial charge in [0.2, 0.25) is 5.95 Å². The molecule has 0 spiro atoms. The first-order valence-corrected chi connectivity index (χ1v) is 8.81. The fraction of sp³-hybridized carbons (Fsp3) is 0.294. The van der Waals surface area contributed by atoms with Crippen LogP contribution in [0.2, 0.25) is 10.0 Å². The van der Waals surface area contributed by atoms with E-state index in [9.17, 15) is 9.50 Å². The minimum atomic E-state index is -0.665. The number of fused-ring (bicyclic) bond motifs is 1. The highest BCUT2D eigenvalue weighted by atomic mass is 35.5. The highest BCUT2D eigenvalue weighted by molar-refractivity contribution is 6.39. The molecule has 1 aliphatic rings. The molecule has 2 N–H and O–H groups in total. The van der Waals surface area contributed by atoms with Crippen molar-refractivity contribution in [1.29, 1.82) is 0 Å². The van der Waals surface area contributed by atoms with Gasteiger partial charge in [0.25, 0.3) is 0 Å². The number of hydrogen-bond donors (Lipinski definition) is 2. The second kappa shape index (κ2) is 7.00. The van der Waals surface area contributed by atoms with E-state index in [2.05, 4.69) is 15.4 Å². The Morgan fingerprint density at radius 1 is 1.31 bits per heavy atom. The zero-order valence-corrected chi connectivity index (χ0v) is 15.0. The Morgan fingerprint density at radius 3 is 2.81 bits per heavy atom. The molecule has 4 rings (SSSR count). The Kier molecular flexibility index (Phi) is 4.71. The van der Waals surface area contributed by atoms with E-state index in [4.69, 9.17) is 27.9 Å². The molecule has 0 aliphatic carbocycles. The number of aliphatic hydroxyl groups is 1. The Balaban J connectivity index is 1.78. The molecule has 0 amide bonds. The lowest BCUT2D eigenvalue weighted by Gasteiger charge is -2.28. The molecule has 26 heavy (non-hydrogen) atoms. The van der Waals surface area contributed by atoms with Crippen LogP contribution in [0.4, 0.5) is 10.3 Å². The van der Waals surface area contributed by atoms with Crippen molar-refractivity contribution < 1.29 is 14.2 Å². The van der Waals surface area contributed by atoms with Gasteiger partial charge in [0, 0.05) is 18.2 Å². The molecule has 1 aliphatic heterocycles. The molecule has 6 nitrogen and oxygen atoms in total. The van der Waals surface area contributed by atoms with E-state index < -0.39 is 11.9 Å². The predicted octanol–water partition coefficient (Wildman–Crippen LogP) is 3.40. The molecular weight excluding hydrogens is 382 g/mol. The average Bonchev–Trinajstić information content (AvgIpc) is 2.93. The second-order valence-electron chi connectivity index (χ2n) is 6.03. The standard InChI is InChI=1S/C17H15Cl2FN4O2/c18-9-2-1-3-10(19)16(9)13-6-11(20)14-7-21-17(23-24(13)14)22-12-4-5-26-8-15(12)25/h1-3,6-7,12,15,25H,4-5,8H2,(H,22,23)/t12-,15-/m1/s1. The van der Waals surface area contributed by atoms with E-state index in [0.29, 0.717) is 34.3 Å². The smallest absolute Gasteiger partial charge is 0.241 e. The van der Waals surface area contributed by atoms with Crippen LogP contribution >= 0.6 is 23.2 Å². The summed E-state index contributed by atoms with van der Waals surface area (Å²) in [7, 11) is 0. The zero-order chi connectivity index (χ0) is 18.3. The summed E-state index contributed by atoms with van der Waals surface area (Å²) in [6.07, 6.45) is 1.33. The highest BCUT2D eigenvalue weighted by Crippen LogP contribution is 2.36. The molecule has 1 fully saturated rings. The predicted molar refractivity (Wildman–Crippen MR) is 97.3 cm³/mol. The number of aliphatic hydroxyl groups excluding tert-OH is 1. The molecular formula is C17H15Cl2FN4O2. The van der Waals surface area contributed by atoms with Crippen LogP contribution in [0.1, 0.15) is 6.42 Å². The lowest BCUT2D eigenvalue weighted by atomic mass is 10.1. The molecule has 0 saturated carbocycles. The van der Waals surface area contributed by atoms with E-state index in [1.54, 1.807) is 18.2 Å². The Labute approximate surface area is 158 Å². The molecule has 3 aromatic rings. The van der Waals surface area contributed by atoms with Crippen LogP contribution in [-0.4, -0.2) is 45.1 Å². The van der Waals surface area contributed by atoms with Crippen molar-refractivity contribution in [2.45, 2.75) is 18.6 Å². The number of benzene rings is 1. The van der Waals surface area contributed by atoms with E-state index in [-0.39, 0.29) is 24.1 Å². The lowest BCUT2D eigenvalue weighted by molar-refractivity contribution is -0.0136. The van der Waals surface area contributed by atoms with Gasteiger partial charge in [-0.2, -0.15) is 0 Å². The first-order chi connectivity index (χ1) is 12.5. The summed E-state index contributed by atoms with van der Waals surface area (Å²) in [5.74, 6) is -0.211. The molecule has 1 saturated heterocycles. The number of hydrogen-bond acceptors (Lipinski definition) is 5. The molecule has 136 valence electrons. The van der Waals surface area contributed by atoms with Crippen LogP contribution in [0.15, 0.2) is 30.5 Å². The third-order valence-corrected chi connectivity index (χ3v) is 4.96. The van der Waals surface area contributed by atoms with Gasteiger partial charge in [0.15, 0.2) is 5.82 Å². The number of aromatic nitrogens is 3. The van der Waals surface area contributed by atoms with Crippen LogP contribution in [0.3, 0.4) is 0 Å². The van der Waals surface area contributed by atoms with Crippen LogP contribution in [0.25, 0.3) is 16.8 Å². The van der Waals surface area contributed by atoms with Crippen molar-refractivity contribution in [2.75, 3.05) is 18.5 Å². The normalized spacial score (nSPS) is 20.5. The van der Waals surface area contributed by atoms with Gasteiger partial charge in [-0.3, -0.25) is 0 Å². The largest absolute Gasteiger partial charge is 0.389 e. The number of nitrogens with zero attached hydrogens (tertiary/aromatic N) is 3. The molecule has 2 aromatic heterocycles. The fourth-order valence-electron chi connectivity index (χ4n) is 3.00. The third kappa shape index (κ3) is 3.12. The maximum absolute atomic E-state index is 14.3. The van der Waals surface area contributed by atoms with Gasteiger partial charge in [-0.05, 0) is 18.6 Å². The first-order valence-electron chi connectivity index (χ1n) is 8.05. The van der Waals surface area contributed by atoms with Crippen molar-refractivity contribution >= 4 is 34.7 Å². The fourth-order valence-corrected chi connectivity index (χ4v) is 3.59. The summed E-state index contributed by atoms with van der Waals surface area (Å²) < 4.78 is 21.0. The van der Waals surface area contributed by atoms with Gasteiger partial charge < -0.3 is 15.2 Å². The molecule has 0 bridgehead atoms. The Hall–Kier alpha value is -1.93. The molecule has 0 radical (unpaired) electrons. The first kappa shape index (κ1) is 17.5. The minimum Gasteiger partial charge on any atom is -0.389 e. The molecule has 9 heteroatoms. The number of rotatable bonds is 3. The van der Waals surface area contributed by atoms with Crippen LogP contribution in [-0.2, 0) is 4.74 Å². The average molecular weight is 397 g/mol. The zero-order valence-electron chi connectivity index (χ0n) is 13.5. The second-order valence-corrected chi connectivity index (χ2v) is 6.85. The van der Waals surface area contributed by atoms with Crippen molar-refractivity contribution in [1.82, 2.24) is 14.6 Å². The maximum atomic E-state index is 14.3. The molecule has 2 atom stereocenters. The quantitative estimate of drug-likeness (QED) is 0.709. The molecule has 3 heterocycles. The summed E-state index contributed by atoms with van der Waals surface area (Å²) in [6, 6.07) is 6.16. The summed E-state index contributed by atoms with van der Waals surface area (Å²) >= 11 is 12.5. The van der Waals surface area contributed by atoms with E-state index >= 15 is 0 Å². The topological polar surface area (TPSA) is 71.7 Å². The summed E-state index contributed by atoms with van der Waals surface area (Å²) in [5.41, 5.74) is 1.12. The van der Waals surface area contributed by atoms with E-state index in [1.807, 2.05) is 0 Å². The molecule has 1 aromatic carbocycles. The van der Waals surface area contributed by atoms with E-state index in [1.165, 1.54) is 16.8 Å². The minimum absolute atomic E-state index is 0.203. The van der Waals surface area contributed by atoms with Gasteiger partial charge in [-0.15, -0.1) is 5.10 Å². The van der Waals surface area contributed by atoms with Gasteiger partial charge in [-0.1, -0.05) is 29.3 Å². The Morgan fingerprint density at radius 2 is 2.08 bits per heavy atom.